The van der Waals surface area contributed by atoms with Gasteiger partial charge in [0.15, 0.2) is 0 Å². The molecule has 0 saturated carbocycles. The van der Waals surface area contributed by atoms with Crippen molar-refractivity contribution in [2.45, 2.75) is 31.7 Å². The van der Waals surface area contributed by atoms with Crippen LogP contribution < -0.4 is 11.5 Å². The molecule has 2 rings (SSSR count). The average Bonchev–Trinajstić information content (AvgIpc) is 2.59. The summed E-state index contributed by atoms with van der Waals surface area (Å²) in [5, 5.41) is 0. The minimum absolute atomic E-state index is 0.0226. The van der Waals surface area contributed by atoms with Crippen LogP contribution in [0.3, 0.4) is 0 Å². The molecule has 0 spiro atoms. The summed E-state index contributed by atoms with van der Waals surface area (Å²) >= 11 is 0. The van der Waals surface area contributed by atoms with E-state index in [9.17, 15) is 0 Å². The monoisotopic (exact) mass is 179 g/mol. The van der Waals surface area contributed by atoms with E-state index >= 15 is 0 Å². The lowest BCUT2D eigenvalue weighted by Gasteiger charge is -2.09. The van der Waals surface area contributed by atoms with Crippen LogP contribution in [0.1, 0.15) is 35.8 Å². The van der Waals surface area contributed by atoms with E-state index in [0.717, 1.165) is 5.69 Å². The number of nitrogens with one attached hydrogen (secondary N) is 1. The van der Waals surface area contributed by atoms with Crippen LogP contribution in [0.25, 0.3) is 0 Å². The van der Waals surface area contributed by atoms with Crippen LogP contribution in [0.2, 0.25) is 0 Å². The van der Waals surface area contributed by atoms with E-state index in [1.54, 1.807) is 0 Å². The maximum atomic E-state index is 5.85. The van der Waals surface area contributed by atoms with Gasteiger partial charge in [0.05, 0.1) is 6.04 Å². The smallest absolute Gasteiger partial charge is 0.0572 e. The molecule has 0 bridgehead atoms. The second-order valence-corrected chi connectivity index (χ2v) is 3.78. The third kappa shape index (κ3) is 1.62. The van der Waals surface area contributed by atoms with Crippen molar-refractivity contribution in [2.75, 3.05) is 6.54 Å². The molecular weight excluding hydrogens is 162 g/mol. The van der Waals surface area contributed by atoms with Gasteiger partial charge in [-0.25, -0.2) is 0 Å². The first-order valence-electron chi connectivity index (χ1n) is 4.97. The van der Waals surface area contributed by atoms with Crippen molar-refractivity contribution in [1.29, 1.82) is 0 Å². The number of fused-ring (bicyclic) bond motifs is 1. The third-order valence-electron chi connectivity index (χ3n) is 2.79. The van der Waals surface area contributed by atoms with E-state index in [1.165, 1.54) is 36.9 Å². The van der Waals surface area contributed by atoms with E-state index < -0.39 is 0 Å². The van der Waals surface area contributed by atoms with E-state index in [1.807, 2.05) is 0 Å². The zero-order valence-corrected chi connectivity index (χ0v) is 7.84. The lowest BCUT2D eigenvalue weighted by molar-refractivity contribution is 0.671. The van der Waals surface area contributed by atoms with Gasteiger partial charge in [0.2, 0.25) is 0 Å². The highest BCUT2D eigenvalue weighted by molar-refractivity contribution is 5.29. The van der Waals surface area contributed by atoms with Crippen LogP contribution in [-0.4, -0.2) is 11.5 Å². The molecule has 72 valence electrons. The van der Waals surface area contributed by atoms with Gasteiger partial charge in [-0.3, -0.25) is 0 Å². The minimum Gasteiger partial charge on any atom is -0.361 e. The third-order valence-corrected chi connectivity index (χ3v) is 2.79. The van der Waals surface area contributed by atoms with Crippen molar-refractivity contribution in [3.63, 3.8) is 0 Å². The molecule has 0 saturated heterocycles. The van der Waals surface area contributed by atoms with Gasteiger partial charge >= 0.3 is 0 Å². The second-order valence-electron chi connectivity index (χ2n) is 3.78. The molecule has 1 aliphatic carbocycles. The Morgan fingerprint density at radius 2 is 2.15 bits per heavy atom. The Kier molecular flexibility index (Phi) is 2.38. The summed E-state index contributed by atoms with van der Waals surface area (Å²) in [5.74, 6) is 0. The lowest BCUT2D eigenvalue weighted by atomic mass is 9.98. The van der Waals surface area contributed by atoms with Gasteiger partial charge in [0.25, 0.3) is 0 Å². The molecule has 0 amide bonds. The minimum atomic E-state index is -0.0226. The molecule has 1 aromatic heterocycles. The van der Waals surface area contributed by atoms with Crippen molar-refractivity contribution in [1.82, 2.24) is 4.98 Å². The second kappa shape index (κ2) is 3.52. The van der Waals surface area contributed by atoms with Gasteiger partial charge in [0.1, 0.15) is 0 Å². The molecule has 0 aliphatic heterocycles. The van der Waals surface area contributed by atoms with E-state index in [4.69, 9.17) is 11.5 Å². The molecule has 0 aromatic carbocycles. The molecule has 1 atom stereocenters. The fourth-order valence-corrected chi connectivity index (χ4v) is 1.96. The topological polar surface area (TPSA) is 67.8 Å². The van der Waals surface area contributed by atoms with Crippen molar-refractivity contribution in [3.8, 4) is 0 Å². The Hall–Kier alpha value is -0.800. The maximum absolute atomic E-state index is 5.85. The fraction of sp³-hybridized carbons (Fsp3) is 0.600. The van der Waals surface area contributed by atoms with Gasteiger partial charge in [-0.05, 0) is 37.3 Å². The van der Waals surface area contributed by atoms with Crippen molar-refractivity contribution in [3.05, 3.63) is 23.0 Å². The fourth-order valence-electron chi connectivity index (χ4n) is 1.96. The summed E-state index contributed by atoms with van der Waals surface area (Å²) in [5.41, 5.74) is 15.3. The van der Waals surface area contributed by atoms with Crippen LogP contribution in [0, 0.1) is 0 Å². The molecule has 1 aromatic rings. The first-order valence-corrected chi connectivity index (χ1v) is 4.97. The normalized spacial score (nSPS) is 18.3. The maximum Gasteiger partial charge on any atom is 0.0572 e. The van der Waals surface area contributed by atoms with Gasteiger partial charge in [0, 0.05) is 17.9 Å². The molecule has 0 fully saturated rings. The van der Waals surface area contributed by atoms with Gasteiger partial charge < -0.3 is 16.5 Å². The number of rotatable bonds is 2. The van der Waals surface area contributed by atoms with Gasteiger partial charge in [-0.1, -0.05) is 0 Å². The molecule has 0 radical (unpaired) electrons. The Morgan fingerprint density at radius 1 is 1.38 bits per heavy atom. The van der Waals surface area contributed by atoms with Gasteiger partial charge in [-0.2, -0.15) is 0 Å². The zero-order valence-electron chi connectivity index (χ0n) is 7.84. The number of H-pyrrole nitrogens is 1. The van der Waals surface area contributed by atoms with Crippen LogP contribution in [0.15, 0.2) is 6.07 Å². The van der Waals surface area contributed by atoms with Gasteiger partial charge in [-0.15, -0.1) is 0 Å². The predicted octanol–water partition coefficient (Wildman–Crippen LogP) is 0.852. The molecule has 13 heavy (non-hydrogen) atoms. The van der Waals surface area contributed by atoms with Crippen molar-refractivity contribution in [2.24, 2.45) is 11.5 Å². The van der Waals surface area contributed by atoms with E-state index in [0.29, 0.717) is 6.54 Å². The number of nitrogens with two attached hydrogens (primary N) is 2. The number of aromatic amines is 1. The van der Waals surface area contributed by atoms with Crippen LogP contribution in [0.4, 0.5) is 0 Å². The largest absolute Gasteiger partial charge is 0.361 e. The molecule has 3 heteroatoms. The number of hydrogen-bond donors (Lipinski definition) is 3. The Labute approximate surface area is 78.5 Å². The molecule has 1 heterocycles. The Balaban J connectivity index is 2.25. The average molecular weight is 179 g/mol. The number of hydrogen-bond acceptors (Lipinski definition) is 2. The number of aryl methyl sites for hydroxylation is 2. The molecule has 1 aliphatic rings. The summed E-state index contributed by atoms with van der Waals surface area (Å²) in [4.78, 5) is 3.38. The highest BCUT2D eigenvalue weighted by Gasteiger charge is 2.14. The predicted molar refractivity (Wildman–Crippen MR) is 53.4 cm³/mol. The summed E-state index contributed by atoms with van der Waals surface area (Å²) in [6, 6.07) is 2.16. The van der Waals surface area contributed by atoms with Crippen LogP contribution in [-0.2, 0) is 12.8 Å². The number of aromatic nitrogens is 1. The zero-order chi connectivity index (χ0) is 9.26. The molecule has 0 unspecified atom stereocenters. The van der Waals surface area contributed by atoms with Crippen LogP contribution in [0.5, 0.6) is 0 Å². The summed E-state index contributed by atoms with van der Waals surface area (Å²) in [6.07, 6.45) is 4.97. The summed E-state index contributed by atoms with van der Waals surface area (Å²) < 4.78 is 0. The molecule has 3 nitrogen and oxygen atoms in total. The molecule has 5 N–H and O–H groups in total. The highest BCUT2D eigenvalue weighted by atomic mass is 14.8. The quantitative estimate of drug-likeness (QED) is 0.630. The Bertz CT molecular complexity index is 267. The van der Waals surface area contributed by atoms with E-state index in [-0.39, 0.29) is 6.04 Å². The standard InChI is InChI=1S/C10H17N3/c11-6-8(12)10-5-7-3-1-2-4-9(7)13-10/h5,8,13H,1-4,6,11-12H2/t8-/m1/s1. The summed E-state index contributed by atoms with van der Waals surface area (Å²) in [7, 11) is 0. The van der Waals surface area contributed by atoms with Crippen molar-refractivity contribution >= 4 is 0 Å². The van der Waals surface area contributed by atoms with Crippen LogP contribution >= 0.6 is 0 Å². The lowest BCUT2D eigenvalue weighted by Crippen LogP contribution is -2.21. The summed E-state index contributed by atoms with van der Waals surface area (Å²) in [6.45, 7) is 0.513. The molecular formula is C10H17N3. The first kappa shape index (κ1) is 8.78. The van der Waals surface area contributed by atoms with Crippen molar-refractivity contribution < 1.29 is 0 Å². The highest BCUT2D eigenvalue weighted by Crippen LogP contribution is 2.23. The first-order chi connectivity index (χ1) is 6.31. The van der Waals surface area contributed by atoms with E-state index in [2.05, 4.69) is 11.1 Å². The Morgan fingerprint density at radius 3 is 2.85 bits per heavy atom. The SMILES string of the molecule is NC[C@@H](N)c1cc2c([nH]1)CCCC2.